The van der Waals surface area contributed by atoms with Gasteiger partial charge in [-0.15, -0.1) is 0 Å². The van der Waals surface area contributed by atoms with E-state index in [-0.39, 0.29) is 17.4 Å². The second-order valence-corrected chi connectivity index (χ2v) is 8.44. The van der Waals surface area contributed by atoms with Crippen molar-refractivity contribution in [3.63, 3.8) is 0 Å². The normalized spacial score (nSPS) is 28.8. The van der Waals surface area contributed by atoms with E-state index in [1.54, 1.807) is 0 Å². The molecule has 0 spiro atoms. The van der Waals surface area contributed by atoms with Gasteiger partial charge in [-0.3, -0.25) is 4.79 Å². The van der Waals surface area contributed by atoms with Gasteiger partial charge < -0.3 is 14.6 Å². The highest BCUT2D eigenvalue weighted by Gasteiger charge is 2.55. The molecule has 0 radical (unpaired) electrons. The van der Waals surface area contributed by atoms with E-state index in [0.29, 0.717) is 18.5 Å². The van der Waals surface area contributed by atoms with Crippen molar-refractivity contribution in [2.24, 2.45) is 0 Å². The fourth-order valence-electron chi connectivity index (χ4n) is 5.02. The van der Waals surface area contributed by atoms with Gasteiger partial charge >= 0.3 is 0 Å². The largest absolute Gasteiger partial charge is 0.378 e. The number of rotatable bonds is 5. The lowest BCUT2D eigenvalue weighted by Gasteiger charge is -2.60. The smallest absolute Gasteiger partial charge is 0.223 e. The maximum Gasteiger partial charge on any atom is 0.223 e. The van der Waals surface area contributed by atoms with Crippen LogP contribution in [0, 0.1) is 0 Å². The third-order valence-electron chi connectivity index (χ3n) is 6.50. The van der Waals surface area contributed by atoms with Crippen molar-refractivity contribution < 1.29 is 9.53 Å². The molecule has 5 rings (SSSR count). The van der Waals surface area contributed by atoms with Crippen LogP contribution in [0.5, 0.6) is 0 Å². The van der Waals surface area contributed by atoms with E-state index in [2.05, 4.69) is 23.7 Å². The highest BCUT2D eigenvalue weighted by atomic mass is 35.5. The van der Waals surface area contributed by atoms with Crippen LogP contribution in [0.25, 0.3) is 10.9 Å². The second kappa shape index (κ2) is 6.58. The number of benzene rings is 1. The Labute approximate surface area is 159 Å². The number of fused-ring (bicyclic) bond motifs is 3. The minimum Gasteiger partial charge on any atom is -0.378 e. The first kappa shape index (κ1) is 17.9. The van der Waals surface area contributed by atoms with Crippen LogP contribution in [-0.4, -0.2) is 40.6 Å². The summed E-state index contributed by atoms with van der Waals surface area (Å²) in [6.45, 7) is 4.29. The maximum atomic E-state index is 13.2. The molecule has 1 amide bonds. The number of carbonyl (C=O) groups is 1. The first-order chi connectivity index (χ1) is 12.5. The van der Waals surface area contributed by atoms with Crippen molar-refractivity contribution in [1.82, 2.24) is 9.88 Å². The van der Waals surface area contributed by atoms with Crippen LogP contribution in [0.15, 0.2) is 24.4 Å². The fraction of sp³-hybridized carbons (Fsp3) is 0.571. The van der Waals surface area contributed by atoms with Gasteiger partial charge in [-0.2, -0.15) is 0 Å². The fourth-order valence-corrected chi connectivity index (χ4v) is 5.30. The standard InChI is InChI=1S/C21H27ClN2O2/c1-4-14-9-21(26-3)10-15(11-21)24(14)19(25)8-13(2)16-12-23-18-7-5-6-17(22)20(16)18/h5-7,12-15,23H,4,8-11H2,1-3H3. The lowest BCUT2D eigenvalue weighted by atomic mass is 9.66. The van der Waals surface area contributed by atoms with Gasteiger partial charge in [0.2, 0.25) is 5.91 Å². The Hall–Kier alpha value is -1.52. The number of hydrogen-bond donors (Lipinski definition) is 1. The minimum atomic E-state index is 0.0259. The Morgan fingerprint density at radius 3 is 2.88 bits per heavy atom. The maximum absolute atomic E-state index is 13.2. The van der Waals surface area contributed by atoms with Crippen LogP contribution >= 0.6 is 11.6 Å². The minimum absolute atomic E-state index is 0.0259. The Kier molecular flexibility index (Phi) is 4.52. The molecule has 26 heavy (non-hydrogen) atoms. The molecule has 2 unspecified atom stereocenters. The van der Waals surface area contributed by atoms with Crippen LogP contribution in [0.4, 0.5) is 0 Å². The Morgan fingerprint density at radius 1 is 1.42 bits per heavy atom. The third kappa shape index (κ3) is 2.74. The molecule has 2 aliphatic heterocycles. The Bertz CT molecular complexity index is 825. The summed E-state index contributed by atoms with van der Waals surface area (Å²) >= 11 is 6.41. The summed E-state index contributed by atoms with van der Waals surface area (Å²) in [6.07, 6.45) is 6.45. The number of amides is 1. The van der Waals surface area contributed by atoms with Crippen LogP contribution in [0.1, 0.15) is 57.4 Å². The molecular weight excluding hydrogens is 348 g/mol. The molecule has 2 aromatic rings. The van der Waals surface area contributed by atoms with Crippen molar-refractivity contribution in [2.75, 3.05) is 7.11 Å². The molecule has 3 fully saturated rings. The number of aromatic amines is 1. The van der Waals surface area contributed by atoms with Gasteiger partial charge in [-0.05, 0) is 49.3 Å². The molecule has 3 heterocycles. The number of nitrogens with zero attached hydrogens (tertiary/aromatic N) is 1. The van der Waals surface area contributed by atoms with Crippen molar-refractivity contribution in [2.45, 2.75) is 69.6 Å². The van der Waals surface area contributed by atoms with E-state index in [1.807, 2.05) is 31.5 Å². The van der Waals surface area contributed by atoms with E-state index >= 15 is 0 Å². The van der Waals surface area contributed by atoms with Gasteiger partial charge in [-0.25, -0.2) is 0 Å². The molecule has 1 aromatic heterocycles. The van der Waals surface area contributed by atoms with Gasteiger partial charge in [0.1, 0.15) is 0 Å². The second-order valence-electron chi connectivity index (χ2n) is 8.03. The SMILES string of the molecule is CCC1CC2(OC)CC(C2)N1C(=O)CC(C)c1c[nH]c2cccc(Cl)c12. The van der Waals surface area contributed by atoms with Crippen LogP contribution in [0.2, 0.25) is 5.02 Å². The number of methoxy groups -OCH3 is 1. The molecule has 2 atom stereocenters. The number of carbonyl (C=O) groups excluding carboxylic acids is 1. The number of halogens is 1. The Morgan fingerprint density at radius 2 is 2.19 bits per heavy atom. The molecular formula is C21H27ClN2O2. The molecule has 140 valence electrons. The molecule has 2 bridgehead atoms. The quantitative estimate of drug-likeness (QED) is 0.811. The van der Waals surface area contributed by atoms with Crippen molar-refractivity contribution in [1.29, 1.82) is 0 Å². The van der Waals surface area contributed by atoms with E-state index < -0.39 is 0 Å². The molecule has 4 nitrogen and oxygen atoms in total. The predicted molar refractivity (Wildman–Crippen MR) is 105 cm³/mol. The van der Waals surface area contributed by atoms with Gasteiger partial charge in [-0.1, -0.05) is 31.5 Å². The van der Waals surface area contributed by atoms with Crippen LogP contribution in [-0.2, 0) is 9.53 Å². The number of ether oxygens (including phenoxy) is 1. The molecule has 1 aromatic carbocycles. The number of aromatic nitrogens is 1. The summed E-state index contributed by atoms with van der Waals surface area (Å²) in [5, 5.41) is 1.79. The summed E-state index contributed by atoms with van der Waals surface area (Å²) in [6, 6.07) is 6.52. The zero-order valence-corrected chi connectivity index (χ0v) is 16.5. The molecule has 1 N–H and O–H groups in total. The molecule has 1 saturated carbocycles. The van der Waals surface area contributed by atoms with Crippen LogP contribution < -0.4 is 0 Å². The lowest BCUT2D eigenvalue weighted by Crippen LogP contribution is -2.67. The summed E-state index contributed by atoms with van der Waals surface area (Å²) in [7, 11) is 1.81. The first-order valence-electron chi connectivity index (χ1n) is 9.60. The predicted octanol–water partition coefficient (Wildman–Crippen LogP) is 4.87. The van der Waals surface area contributed by atoms with Gasteiger partial charge in [0, 0.05) is 42.7 Å². The highest BCUT2D eigenvalue weighted by Crippen LogP contribution is 2.49. The molecule has 1 aliphatic carbocycles. The van der Waals surface area contributed by atoms with E-state index in [0.717, 1.165) is 47.2 Å². The third-order valence-corrected chi connectivity index (χ3v) is 6.81. The molecule has 3 aliphatic rings. The number of H-pyrrole nitrogens is 1. The number of piperidine rings is 2. The zero-order chi connectivity index (χ0) is 18.5. The summed E-state index contributed by atoms with van der Waals surface area (Å²) in [5.41, 5.74) is 2.18. The van der Waals surface area contributed by atoms with E-state index in [1.165, 1.54) is 0 Å². The number of hydrogen-bond acceptors (Lipinski definition) is 2. The van der Waals surface area contributed by atoms with Gasteiger partial charge in [0.25, 0.3) is 0 Å². The highest BCUT2D eigenvalue weighted by molar-refractivity contribution is 6.35. The van der Waals surface area contributed by atoms with Crippen molar-refractivity contribution in [3.8, 4) is 0 Å². The average Bonchev–Trinajstić information content (AvgIpc) is 3.05. The zero-order valence-electron chi connectivity index (χ0n) is 15.7. The van der Waals surface area contributed by atoms with Crippen molar-refractivity contribution in [3.05, 3.63) is 35.0 Å². The summed E-state index contributed by atoms with van der Waals surface area (Å²) in [5.74, 6) is 0.392. The monoisotopic (exact) mass is 374 g/mol. The van der Waals surface area contributed by atoms with Crippen molar-refractivity contribution >= 4 is 28.4 Å². The Balaban J connectivity index is 1.52. The topological polar surface area (TPSA) is 45.3 Å². The summed E-state index contributed by atoms with van der Waals surface area (Å²) in [4.78, 5) is 18.6. The average molecular weight is 375 g/mol. The van der Waals surface area contributed by atoms with Gasteiger partial charge in [0.05, 0.1) is 10.6 Å². The number of nitrogens with one attached hydrogen (secondary N) is 1. The van der Waals surface area contributed by atoms with Gasteiger partial charge in [0.15, 0.2) is 0 Å². The molecule has 2 saturated heterocycles. The van der Waals surface area contributed by atoms with E-state index in [9.17, 15) is 4.79 Å². The first-order valence-corrected chi connectivity index (χ1v) is 9.97. The molecule has 5 heteroatoms. The van der Waals surface area contributed by atoms with Crippen LogP contribution in [0.3, 0.4) is 0 Å². The van der Waals surface area contributed by atoms with E-state index in [4.69, 9.17) is 16.3 Å². The summed E-state index contributed by atoms with van der Waals surface area (Å²) < 4.78 is 5.75. The lowest BCUT2D eigenvalue weighted by molar-refractivity contribution is -0.189.